The lowest BCUT2D eigenvalue weighted by molar-refractivity contribution is 0.591. The first-order valence-electron chi connectivity index (χ1n) is 6.89. The van der Waals surface area contributed by atoms with Gasteiger partial charge < -0.3 is 4.98 Å². The van der Waals surface area contributed by atoms with Crippen molar-refractivity contribution in [1.82, 2.24) is 9.97 Å². The van der Waals surface area contributed by atoms with Crippen LogP contribution in [0.5, 0.6) is 0 Å². The Morgan fingerprint density at radius 1 is 1.17 bits per heavy atom. The van der Waals surface area contributed by atoms with Crippen molar-refractivity contribution >= 4 is 31.3 Å². The Balaban J connectivity index is 2.26. The number of hydrogen-bond acceptors (Lipinski definition) is 6. The lowest BCUT2D eigenvalue weighted by atomic mass is 10.2. The molecule has 1 N–H and O–H groups in total. The number of sulfone groups is 2. The van der Waals surface area contributed by atoms with Gasteiger partial charge in [0.2, 0.25) is 0 Å². The van der Waals surface area contributed by atoms with Gasteiger partial charge in [0.1, 0.15) is 5.69 Å². The molecule has 2 aromatic rings. The summed E-state index contributed by atoms with van der Waals surface area (Å²) in [6, 6.07) is 6.38. The van der Waals surface area contributed by atoms with Gasteiger partial charge in [0.05, 0.1) is 23.5 Å². The summed E-state index contributed by atoms with van der Waals surface area (Å²) < 4.78 is 47.8. The molecule has 0 spiro atoms. The van der Waals surface area contributed by atoms with E-state index in [0.717, 1.165) is 6.20 Å². The Labute approximate surface area is 144 Å². The maximum absolute atomic E-state index is 12.2. The minimum absolute atomic E-state index is 0.197. The van der Waals surface area contributed by atoms with Crippen molar-refractivity contribution in [3.05, 3.63) is 57.1 Å². The first kappa shape index (κ1) is 18.6. The second-order valence-corrected chi connectivity index (χ2v) is 9.84. The van der Waals surface area contributed by atoms with Crippen molar-refractivity contribution in [2.45, 2.75) is 23.5 Å². The zero-order valence-electron chi connectivity index (χ0n) is 12.7. The van der Waals surface area contributed by atoms with Gasteiger partial charge in [0.15, 0.2) is 24.7 Å². The Kier molecular flexibility index (Phi) is 5.46. The molecule has 1 aromatic carbocycles. The lowest BCUT2D eigenvalue weighted by Gasteiger charge is -2.06. The molecule has 130 valence electrons. The number of H-pyrrole nitrogens is 1. The quantitative estimate of drug-likeness (QED) is 0.795. The second kappa shape index (κ2) is 7.04. The molecule has 0 amide bonds. The van der Waals surface area contributed by atoms with Gasteiger partial charge in [-0.3, -0.25) is 9.78 Å². The minimum Gasteiger partial charge on any atom is -0.310 e. The molecule has 0 bridgehead atoms. The van der Waals surface area contributed by atoms with E-state index in [2.05, 4.69) is 9.97 Å². The Morgan fingerprint density at radius 2 is 1.88 bits per heavy atom. The Morgan fingerprint density at radius 3 is 2.46 bits per heavy atom. The number of nitrogens with one attached hydrogen (secondary N) is 1. The smallest absolute Gasteiger partial charge is 0.271 e. The van der Waals surface area contributed by atoms with E-state index in [1.165, 1.54) is 13.0 Å². The van der Waals surface area contributed by atoms with E-state index in [-0.39, 0.29) is 22.2 Å². The van der Waals surface area contributed by atoms with Crippen LogP contribution in [0.15, 0.2) is 40.3 Å². The molecule has 10 heteroatoms. The molecule has 24 heavy (non-hydrogen) atoms. The largest absolute Gasteiger partial charge is 0.310 e. The van der Waals surface area contributed by atoms with Crippen molar-refractivity contribution in [3.63, 3.8) is 0 Å². The Bertz CT molecular complexity index is 1010. The molecule has 0 aliphatic rings. The number of aromatic amines is 1. The Hall–Kier alpha value is -1.71. The van der Waals surface area contributed by atoms with Gasteiger partial charge in [-0.05, 0) is 17.7 Å². The molecule has 0 radical (unpaired) electrons. The van der Waals surface area contributed by atoms with Gasteiger partial charge in [0.25, 0.3) is 5.56 Å². The summed E-state index contributed by atoms with van der Waals surface area (Å²) in [6.45, 7) is 1.43. The lowest BCUT2D eigenvalue weighted by Crippen LogP contribution is -2.22. The predicted octanol–water partition coefficient (Wildman–Crippen LogP) is 1.33. The standard InChI is InChI=1S/C14H15ClN2O5S2/c1-2-24(21,22)13-7-16-12(14(18)17-13)9-23(19,20)8-10-4-3-5-11(15)6-10/h3-7H,2,8-9H2,1H3,(H,17,18). The molecule has 0 saturated heterocycles. The van der Waals surface area contributed by atoms with Crippen LogP contribution in [0.25, 0.3) is 0 Å². The van der Waals surface area contributed by atoms with Crippen LogP contribution >= 0.6 is 11.6 Å². The van der Waals surface area contributed by atoms with Crippen molar-refractivity contribution < 1.29 is 16.8 Å². The van der Waals surface area contributed by atoms with Crippen LogP contribution in [-0.2, 0) is 31.2 Å². The van der Waals surface area contributed by atoms with Crippen LogP contribution in [-0.4, -0.2) is 32.6 Å². The van der Waals surface area contributed by atoms with Gasteiger partial charge in [-0.15, -0.1) is 0 Å². The van der Waals surface area contributed by atoms with E-state index in [4.69, 9.17) is 11.6 Å². The van der Waals surface area contributed by atoms with Crippen molar-refractivity contribution in [2.75, 3.05) is 5.75 Å². The summed E-state index contributed by atoms with van der Waals surface area (Å²) in [5, 5.41) is 0.0822. The third-order valence-electron chi connectivity index (χ3n) is 3.18. The van der Waals surface area contributed by atoms with Gasteiger partial charge >= 0.3 is 0 Å². The SMILES string of the molecule is CCS(=O)(=O)c1cnc(CS(=O)(=O)Cc2cccc(Cl)c2)c(=O)[nH]1. The first-order chi connectivity index (χ1) is 11.1. The zero-order chi connectivity index (χ0) is 18.0. The average molecular weight is 391 g/mol. The summed E-state index contributed by atoms with van der Waals surface area (Å²) >= 11 is 5.81. The van der Waals surface area contributed by atoms with E-state index < -0.39 is 31.0 Å². The number of aromatic nitrogens is 2. The second-order valence-electron chi connectivity index (χ2n) is 5.09. The van der Waals surface area contributed by atoms with Crippen LogP contribution in [0, 0.1) is 0 Å². The van der Waals surface area contributed by atoms with Gasteiger partial charge in [-0.2, -0.15) is 0 Å². The minimum atomic E-state index is -3.67. The summed E-state index contributed by atoms with van der Waals surface area (Å²) in [5.41, 5.74) is -0.601. The molecular formula is C14H15ClN2O5S2. The number of halogens is 1. The number of benzene rings is 1. The third kappa shape index (κ3) is 4.65. The highest BCUT2D eigenvalue weighted by molar-refractivity contribution is 7.91. The molecule has 1 heterocycles. The molecule has 1 aromatic heterocycles. The van der Waals surface area contributed by atoms with Crippen molar-refractivity contribution in [1.29, 1.82) is 0 Å². The topological polar surface area (TPSA) is 114 Å². The molecular weight excluding hydrogens is 376 g/mol. The molecule has 0 fully saturated rings. The van der Waals surface area contributed by atoms with E-state index >= 15 is 0 Å². The number of hydrogen-bond donors (Lipinski definition) is 1. The molecule has 0 atom stereocenters. The van der Waals surface area contributed by atoms with Gasteiger partial charge in [-0.25, -0.2) is 16.8 Å². The van der Waals surface area contributed by atoms with Gasteiger partial charge in [-0.1, -0.05) is 30.7 Å². The molecule has 0 unspecified atom stereocenters. The third-order valence-corrected chi connectivity index (χ3v) is 6.54. The van der Waals surface area contributed by atoms with Crippen LogP contribution in [0.3, 0.4) is 0 Å². The highest BCUT2D eigenvalue weighted by Gasteiger charge is 2.19. The number of rotatable bonds is 6. The summed E-state index contributed by atoms with van der Waals surface area (Å²) in [7, 11) is -7.29. The molecule has 7 nitrogen and oxygen atoms in total. The van der Waals surface area contributed by atoms with Crippen LogP contribution < -0.4 is 5.56 Å². The van der Waals surface area contributed by atoms with Crippen molar-refractivity contribution in [3.8, 4) is 0 Å². The average Bonchev–Trinajstić information content (AvgIpc) is 2.48. The highest BCUT2D eigenvalue weighted by atomic mass is 35.5. The van der Waals surface area contributed by atoms with Gasteiger partial charge in [0, 0.05) is 5.02 Å². The highest BCUT2D eigenvalue weighted by Crippen LogP contribution is 2.15. The van der Waals surface area contributed by atoms with E-state index in [1.54, 1.807) is 18.2 Å². The molecule has 0 saturated carbocycles. The summed E-state index contributed by atoms with van der Waals surface area (Å²) in [6.07, 6.45) is 0.963. The summed E-state index contributed by atoms with van der Waals surface area (Å²) in [4.78, 5) is 17.8. The van der Waals surface area contributed by atoms with E-state index in [1.807, 2.05) is 0 Å². The predicted molar refractivity (Wildman–Crippen MR) is 90.4 cm³/mol. The maximum Gasteiger partial charge on any atom is 0.271 e. The molecule has 0 aliphatic heterocycles. The fourth-order valence-corrected chi connectivity index (χ4v) is 4.37. The number of nitrogens with zero attached hydrogens (tertiary/aromatic N) is 1. The summed E-state index contributed by atoms with van der Waals surface area (Å²) in [5.74, 6) is -1.10. The fraction of sp³-hybridized carbons (Fsp3) is 0.286. The van der Waals surface area contributed by atoms with Crippen LogP contribution in [0.4, 0.5) is 0 Å². The van der Waals surface area contributed by atoms with Crippen LogP contribution in [0.1, 0.15) is 18.2 Å². The molecule has 0 aliphatic carbocycles. The molecule has 2 rings (SSSR count). The van der Waals surface area contributed by atoms with Crippen molar-refractivity contribution in [2.24, 2.45) is 0 Å². The maximum atomic E-state index is 12.2. The van der Waals surface area contributed by atoms with E-state index in [9.17, 15) is 21.6 Å². The zero-order valence-corrected chi connectivity index (χ0v) is 15.1. The fourth-order valence-electron chi connectivity index (χ4n) is 1.97. The monoisotopic (exact) mass is 390 g/mol. The first-order valence-corrected chi connectivity index (χ1v) is 10.7. The van der Waals surface area contributed by atoms with E-state index in [0.29, 0.717) is 10.6 Å². The van der Waals surface area contributed by atoms with Crippen LogP contribution in [0.2, 0.25) is 5.02 Å². The normalized spacial score (nSPS) is 12.2.